The van der Waals surface area contributed by atoms with Crippen molar-refractivity contribution in [1.82, 2.24) is 0 Å². The third-order valence-electron chi connectivity index (χ3n) is 1.70. The molecular formula is C8H17I2OP. The summed E-state index contributed by atoms with van der Waals surface area (Å²) in [6, 6.07) is 0. The van der Waals surface area contributed by atoms with Gasteiger partial charge in [-0.1, -0.05) is 33.1 Å². The van der Waals surface area contributed by atoms with Crippen molar-refractivity contribution < 1.29 is 4.57 Å². The summed E-state index contributed by atoms with van der Waals surface area (Å²) in [5.41, 5.74) is 0. The maximum Gasteiger partial charge on any atom is 0.198 e. The third-order valence-corrected chi connectivity index (χ3v) is 5.43. The van der Waals surface area contributed by atoms with Gasteiger partial charge in [0.2, 0.25) is 0 Å². The highest BCUT2D eigenvalue weighted by atomic mass is 127. The topological polar surface area (TPSA) is 17.1 Å². The van der Waals surface area contributed by atoms with E-state index in [1.165, 1.54) is 19.3 Å². The van der Waals surface area contributed by atoms with Crippen molar-refractivity contribution in [3.05, 3.63) is 0 Å². The van der Waals surface area contributed by atoms with Crippen LogP contribution in [-0.4, -0.2) is 6.16 Å². The Labute approximate surface area is 102 Å². The second-order valence-corrected chi connectivity index (χ2v) is 20.0. The molecule has 0 aromatic carbocycles. The zero-order valence-corrected chi connectivity index (χ0v) is 12.9. The molecule has 0 unspecified atom stereocenters. The lowest BCUT2D eigenvalue weighted by Crippen LogP contribution is -1.87. The van der Waals surface area contributed by atoms with E-state index in [1.54, 1.807) is 0 Å². The minimum absolute atomic E-state index is 0.816. The normalized spacial score (nSPS) is 12.4. The van der Waals surface area contributed by atoms with Gasteiger partial charge in [0, 0.05) is 50.2 Å². The molecule has 0 atom stereocenters. The molecule has 0 bridgehead atoms. The fourth-order valence-corrected chi connectivity index (χ4v) is 3.66. The summed E-state index contributed by atoms with van der Waals surface area (Å²) in [4.78, 5) is 0. The maximum absolute atomic E-state index is 11.3. The lowest BCUT2D eigenvalue weighted by Gasteiger charge is -2.04. The van der Waals surface area contributed by atoms with E-state index in [-0.39, 0.29) is 0 Å². The summed E-state index contributed by atoms with van der Waals surface area (Å²) < 4.78 is 9.50. The summed E-state index contributed by atoms with van der Waals surface area (Å²) in [6.45, 7) is 4.50. The summed E-state index contributed by atoms with van der Waals surface area (Å²) in [6.07, 6.45) is 5.90. The lowest BCUT2D eigenvalue weighted by molar-refractivity contribution is 0.533. The van der Waals surface area contributed by atoms with Gasteiger partial charge in [-0.3, -0.25) is 0 Å². The molecular weight excluding hydrogens is 397 g/mol. The van der Waals surface area contributed by atoms with Crippen LogP contribution in [0.3, 0.4) is 0 Å². The van der Waals surface area contributed by atoms with Crippen LogP contribution in [0.15, 0.2) is 0 Å². The van der Waals surface area contributed by atoms with E-state index in [1.807, 2.05) is 0 Å². The fraction of sp³-hybridized carbons (Fsp3) is 1.00. The summed E-state index contributed by atoms with van der Waals surface area (Å²) in [7, 11) is 0. The van der Waals surface area contributed by atoms with Crippen LogP contribution in [0.5, 0.6) is 0 Å². The Morgan fingerprint density at radius 3 is 2.17 bits per heavy atom. The number of rotatable bonds is 6. The number of halogens is 2. The molecule has 0 rings (SSSR count). The van der Waals surface area contributed by atoms with Crippen LogP contribution < -0.4 is 0 Å². The highest BCUT2D eigenvalue weighted by Gasteiger charge is 2.10. The van der Waals surface area contributed by atoms with Gasteiger partial charge in [0.25, 0.3) is 0 Å². The van der Waals surface area contributed by atoms with Crippen molar-refractivity contribution in [3.63, 3.8) is 0 Å². The highest BCUT2D eigenvalue weighted by Crippen LogP contribution is 2.63. The molecule has 0 spiro atoms. The summed E-state index contributed by atoms with van der Waals surface area (Å²) in [5, 5.41) is 0. The van der Waals surface area contributed by atoms with Gasteiger partial charge in [-0.25, -0.2) is 0 Å². The molecule has 0 radical (unpaired) electrons. The second kappa shape index (κ2) is 7.04. The van der Waals surface area contributed by atoms with Crippen molar-refractivity contribution in [2.24, 2.45) is 5.92 Å². The number of unbranched alkanes of at least 4 members (excludes halogenated alkanes) is 2. The Hall–Kier alpha value is 1.69. The van der Waals surface area contributed by atoms with Gasteiger partial charge >= 0.3 is 0 Å². The van der Waals surface area contributed by atoms with Crippen molar-refractivity contribution in [1.29, 1.82) is 0 Å². The smallest absolute Gasteiger partial charge is 0.198 e. The predicted octanol–water partition coefficient (Wildman–Crippen LogP) is 5.27. The molecule has 0 fully saturated rings. The van der Waals surface area contributed by atoms with Crippen LogP contribution in [0.2, 0.25) is 0 Å². The molecule has 1 nitrogen and oxygen atoms in total. The van der Waals surface area contributed by atoms with Gasteiger partial charge in [0.15, 0.2) is 2.43 Å². The van der Waals surface area contributed by atoms with E-state index in [0.717, 1.165) is 18.5 Å². The van der Waals surface area contributed by atoms with Gasteiger partial charge in [0.05, 0.1) is 0 Å². The molecule has 0 aliphatic heterocycles. The highest BCUT2D eigenvalue weighted by molar-refractivity contribution is 14.3. The molecule has 0 aliphatic rings. The first-order valence-electron chi connectivity index (χ1n) is 4.40. The van der Waals surface area contributed by atoms with Gasteiger partial charge in [-0.2, -0.15) is 0 Å². The average molecular weight is 414 g/mol. The van der Waals surface area contributed by atoms with Crippen LogP contribution >= 0.6 is 46.5 Å². The van der Waals surface area contributed by atoms with Gasteiger partial charge < -0.3 is 4.57 Å². The Kier molecular flexibility index (Phi) is 8.04. The first kappa shape index (κ1) is 13.7. The van der Waals surface area contributed by atoms with Gasteiger partial charge in [-0.05, 0) is 12.3 Å². The minimum Gasteiger partial charge on any atom is -0.302 e. The molecule has 0 heterocycles. The third kappa shape index (κ3) is 11.7. The Morgan fingerprint density at radius 2 is 1.75 bits per heavy atom. The SMILES string of the molecule is CC(C)CCCCCP(=O)(I)I. The second-order valence-electron chi connectivity index (χ2n) is 3.54. The van der Waals surface area contributed by atoms with Crippen LogP contribution in [0.4, 0.5) is 0 Å². The van der Waals surface area contributed by atoms with Gasteiger partial charge in [-0.15, -0.1) is 0 Å². The molecule has 0 N–H and O–H groups in total. The zero-order valence-electron chi connectivity index (χ0n) is 7.72. The zero-order chi connectivity index (χ0) is 9.61. The molecule has 0 aromatic rings. The fourth-order valence-electron chi connectivity index (χ4n) is 1.03. The molecule has 0 saturated heterocycles. The van der Waals surface area contributed by atoms with E-state index in [2.05, 4.69) is 57.9 Å². The van der Waals surface area contributed by atoms with Crippen LogP contribution in [0.1, 0.15) is 39.5 Å². The minimum atomic E-state index is -1.79. The van der Waals surface area contributed by atoms with Gasteiger partial charge in [0.1, 0.15) is 0 Å². The molecule has 12 heavy (non-hydrogen) atoms. The van der Waals surface area contributed by atoms with Crippen molar-refractivity contribution in [3.8, 4) is 0 Å². The first-order valence-corrected chi connectivity index (χ1v) is 11.9. The largest absolute Gasteiger partial charge is 0.302 e. The van der Waals surface area contributed by atoms with E-state index in [9.17, 15) is 4.57 Å². The lowest BCUT2D eigenvalue weighted by atomic mass is 10.1. The van der Waals surface area contributed by atoms with Crippen LogP contribution in [0.25, 0.3) is 0 Å². The van der Waals surface area contributed by atoms with E-state index in [0.29, 0.717) is 0 Å². The summed E-state index contributed by atoms with van der Waals surface area (Å²) >= 11 is 4.17. The molecule has 0 amide bonds. The quantitative estimate of drug-likeness (QED) is 0.329. The molecule has 74 valence electrons. The first-order chi connectivity index (χ1) is 5.42. The predicted molar refractivity (Wildman–Crippen MR) is 73.8 cm³/mol. The Balaban J connectivity index is 3.17. The maximum atomic E-state index is 11.3. The van der Waals surface area contributed by atoms with E-state index in [4.69, 9.17) is 0 Å². The number of hydrogen-bond acceptors (Lipinski definition) is 1. The standard InChI is InChI=1S/C8H17I2OP/c1-8(2)6-4-3-5-7-12(9,10)11/h8H,3-7H2,1-2H3. The monoisotopic (exact) mass is 414 g/mol. The van der Waals surface area contributed by atoms with Crippen molar-refractivity contribution >= 4 is 46.5 Å². The molecule has 0 aliphatic carbocycles. The Morgan fingerprint density at radius 1 is 1.17 bits per heavy atom. The van der Waals surface area contributed by atoms with E-state index < -0.39 is 2.43 Å². The molecule has 4 heteroatoms. The summed E-state index contributed by atoms with van der Waals surface area (Å²) in [5.74, 6) is 0.816. The molecule has 0 aromatic heterocycles. The van der Waals surface area contributed by atoms with E-state index >= 15 is 0 Å². The van der Waals surface area contributed by atoms with Crippen molar-refractivity contribution in [2.45, 2.75) is 39.5 Å². The van der Waals surface area contributed by atoms with Crippen molar-refractivity contribution in [2.75, 3.05) is 6.16 Å². The Bertz CT molecular complexity index is 153. The molecule has 0 saturated carbocycles. The van der Waals surface area contributed by atoms with Crippen LogP contribution in [-0.2, 0) is 4.57 Å². The number of hydrogen-bond donors (Lipinski definition) is 0. The average Bonchev–Trinajstić information content (AvgIpc) is 1.83. The van der Waals surface area contributed by atoms with Crippen LogP contribution in [0, 0.1) is 5.92 Å².